The molecule has 0 amide bonds. The van der Waals surface area contributed by atoms with Crippen molar-refractivity contribution in [2.45, 2.75) is 24.9 Å². The van der Waals surface area contributed by atoms with Crippen molar-refractivity contribution in [3.63, 3.8) is 0 Å². The monoisotopic (exact) mass is 266 g/mol. The Morgan fingerprint density at radius 1 is 1.42 bits per heavy atom. The fourth-order valence-electron chi connectivity index (χ4n) is 2.84. The van der Waals surface area contributed by atoms with Gasteiger partial charge in [-0.25, -0.2) is 0 Å². The summed E-state index contributed by atoms with van der Waals surface area (Å²) in [5.41, 5.74) is 4.08. The first-order valence-electron chi connectivity index (χ1n) is 6.93. The van der Waals surface area contributed by atoms with Crippen LogP contribution in [0.25, 0.3) is 0 Å². The number of nitrogens with zero attached hydrogens (tertiary/aromatic N) is 4. The van der Waals surface area contributed by atoms with Crippen LogP contribution in [0.2, 0.25) is 0 Å². The number of likely N-dealkylation sites (N-methyl/N-ethyl adjacent to an activating group) is 2. The highest BCUT2D eigenvalue weighted by Crippen LogP contribution is 2.13. The minimum absolute atomic E-state index is 0.223. The van der Waals surface area contributed by atoms with Gasteiger partial charge in [-0.1, -0.05) is 0 Å². The Balaban J connectivity index is 2.06. The lowest BCUT2D eigenvalue weighted by molar-refractivity contribution is 0.176. The van der Waals surface area contributed by atoms with E-state index in [1.54, 1.807) is 0 Å². The molecule has 0 aliphatic carbocycles. The average molecular weight is 266 g/mol. The van der Waals surface area contributed by atoms with Gasteiger partial charge in [0.2, 0.25) is 0 Å². The molecule has 2 unspecified atom stereocenters. The molecule has 1 aromatic rings. The number of aryl methyl sites for hydroxylation is 1. The summed E-state index contributed by atoms with van der Waals surface area (Å²) in [5, 5.41) is 4.45. The molecule has 0 aromatic carbocycles. The number of nitrogens with one attached hydrogen (secondary N) is 1. The fraction of sp³-hybridized carbons (Fsp3) is 0.769. The molecule has 6 nitrogen and oxygen atoms in total. The van der Waals surface area contributed by atoms with Gasteiger partial charge in [0.25, 0.3) is 0 Å². The standard InChI is InChI=1S/C13H26N6/c1-17-6-4-7-18(2)13(10-17)12(15-14)9-11-5-8-19(3)16-11/h5,8,12-13,15H,4,6-7,9-10,14H2,1-3H3. The van der Waals surface area contributed by atoms with Crippen molar-refractivity contribution in [1.82, 2.24) is 25.0 Å². The van der Waals surface area contributed by atoms with Crippen LogP contribution in [0, 0.1) is 0 Å². The molecule has 1 aliphatic heterocycles. The lowest BCUT2D eigenvalue weighted by atomic mass is 10.0. The van der Waals surface area contributed by atoms with Gasteiger partial charge in [0.1, 0.15) is 0 Å². The van der Waals surface area contributed by atoms with E-state index in [2.05, 4.69) is 40.5 Å². The highest BCUT2D eigenvalue weighted by atomic mass is 15.3. The van der Waals surface area contributed by atoms with Gasteiger partial charge >= 0.3 is 0 Å². The molecule has 0 radical (unpaired) electrons. The molecule has 1 saturated heterocycles. The highest BCUT2D eigenvalue weighted by Gasteiger charge is 2.28. The van der Waals surface area contributed by atoms with Gasteiger partial charge in [-0.2, -0.15) is 5.10 Å². The second kappa shape index (κ2) is 6.47. The summed E-state index contributed by atoms with van der Waals surface area (Å²) >= 11 is 0. The number of rotatable bonds is 4. The predicted octanol–water partition coefficient (Wildman–Crippen LogP) is -0.570. The molecule has 3 N–H and O–H groups in total. The third-order valence-electron chi connectivity index (χ3n) is 3.99. The van der Waals surface area contributed by atoms with Gasteiger partial charge in [0, 0.05) is 38.3 Å². The molecular formula is C13H26N6. The average Bonchev–Trinajstić information content (AvgIpc) is 2.70. The van der Waals surface area contributed by atoms with Crippen LogP contribution < -0.4 is 11.3 Å². The highest BCUT2D eigenvalue weighted by molar-refractivity contribution is 5.03. The first kappa shape index (κ1) is 14.5. The van der Waals surface area contributed by atoms with Gasteiger partial charge in [-0.3, -0.25) is 16.0 Å². The Bertz CT molecular complexity index is 390. The van der Waals surface area contributed by atoms with Crippen LogP contribution in [0.5, 0.6) is 0 Å². The normalized spacial score (nSPS) is 24.3. The third kappa shape index (κ3) is 3.76. The maximum Gasteiger partial charge on any atom is 0.0641 e. The van der Waals surface area contributed by atoms with Crippen LogP contribution in [0.1, 0.15) is 12.1 Å². The van der Waals surface area contributed by atoms with Gasteiger partial charge in [0.05, 0.1) is 5.69 Å². The number of hydrogen-bond donors (Lipinski definition) is 2. The van der Waals surface area contributed by atoms with Gasteiger partial charge in [-0.05, 0) is 39.7 Å². The van der Waals surface area contributed by atoms with Crippen LogP contribution >= 0.6 is 0 Å². The maximum atomic E-state index is 5.79. The summed E-state index contributed by atoms with van der Waals surface area (Å²) in [7, 11) is 6.31. The van der Waals surface area contributed by atoms with E-state index >= 15 is 0 Å². The largest absolute Gasteiger partial charge is 0.305 e. The summed E-state index contributed by atoms with van der Waals surface area (Å²) in [5.74, 6) is 5.79. The quantitative estimate of drug-likeness (QED) is 0.564. The lowest BCUT2D eigenvalue weighted by Gasteiger charge is -2.33. The summed E-state index contributed by atoms with van der Waals surface area (Å²) in [6, 6.07) is 2.70. The SMILES string of the molecule is CN1CCCN(C)C(C(Cc2ccn(C)n2)NN)C1. The minimum atomic E-state index is 0.223. The molecule has 0 saturated carbocycles. The van der Waals surface area contributed by atoms with Crippen LogP contribution in [0.15, 0.2) is 12.3 Å². The zero-order valence-electron chi connectivity index (χ0n) is 12.2. The number of aromatic nitrogens is 2. The van der Waals surface area contributed by atoms with E-state index in [1.807, 2.05) is 17.9 Å². The molecule has 108 valence electrons. The molecular weight excluding hydrogens is 240 g/mol. The van der Waals surface area contributed by atoms with Gasteiger partial charge < -0.3 is 9.80 Å². The molecule has 2 atom stereocenters. The lowest BCUT2D eigenvalue weighted by Crippen LogP contribution is -2.55. The van der Waals surface area contributed by atoms with Crippen LogP contribution in [-0.4, -0.2) is 65.4 Å². The van der Waals surface area contributed by atoms with E-state index in [0.717, 1.165) is 31.7 Å². The Kier molecular flexibility index (Phi) is 4.93. The van der Waals surface area contributed by atoms with Crippen LogP contribution in [0.3, 0.4) is 0 Å². The van der Waals surface area contributed by atoms with E-state index in [1.165, 1.54) is 6.42 Å². The van der Waals surface area contributed by atoms with Crippen molar-refractivity contribution in [3.8, 4) is 0 Å². The molecule has 19 heavy (non-hydrogen) atoms. The first-order valence-corrected chi connectivity index (χ1v) is 6.93. The maximum absolute atomic E-state index is 5.79. The van der Waals surface area contributed by atoms with Crippen LogP contribution in [0.4, 0.5) is 0 Å². The molecule has 1 fully saturated rings. The number of hydrogen-bond acceptors (Lipinski definition) is 5. The minimum Gasteiger partial charge on any atom is -0.305 e. The number of hydrazine groups is 1. The van der Waals surface area contributed by atoms with Crippen molar-refractivity contribution in [3.05, 3.63) is 18.0 Å². The van der Waals surface area contributed by atoms with E-state index in [9.17, 15) is 0 Å². The second-order valence-electron chi connectivity index (χ2n) is 5.62. The Hall–Kier alpha value is -0.950. The van der Waals surface area contributed by atoms with E-state index in [-0.39, 0.29) is 6.04 Å². The van der Waals surface area contributed by atoms with E-state index < -0.39 is 0 Å². The van der Waals surface area contributed by atoms with Crippen molar-refractivity contribution < 1.29 is 0 Å². The molecule has 2 heterocycles. The molecule has 0 bridgehead atoms. The third-order valence-corrected chi connectivity index (χ3v) is 3.99. The molecule has 2 rings (SSSR count). The van der Waals surface area contributed by atoms with E-state index in [0.29, 0.717) is 6.04 Å². The summed E-state index contributed by atoms with van der Waals surface area (Å²) < 4.78 is 1.84. The zero-order valence-corrected chi connectivity index (χ0v) is 12.2. The number of nitrogens with two attached hydrogens (primary N) is 1. The zero-order chi connectivity index (χ0) is 13.8. The van der Waals surface area contributed by atoms with Crippen molar-refractivity contribution >= 4 is 0 Å². The Morgan fingerprint density at radius 3 is 2.84 bits per heavy atom. The van der Waals surface area contributed by atoms with E-state index in [4.69, 9.17) is 5.84 Å². The van der Waals surface area contributed by atoms with Crippen molar-refractivity contribution in [2.24, 2.45) is 12.9 Å². The second-order valence-corrected chi connectivity index (χ2v) is 5.62. The van der Waals surface area contributed by atoms with Crippen molar-refractivity contribution in [2.75, 3.05) is 33.7 Å². The fourth-order valence-corrected chi connectivity index (χ4v) is 2.84. The van der Waals surface area contributed by atoms with Gasteiger partial charge in [-0.15, -0.1) is 0 Å². The van der Waals surface area contributed by atoms with Gasteiger partial charge in [0.15, 0.2) is 0 Å². The molecule has 1 aliphatic rings. The first-order chi connectivity index (χ1) is 9.10. The topological polar surface area (TPSA) is 62.3 Å². The summed E-state index contributed by atoms with van der Waals surface area (Å²) in [6.07, 6.45) is 4.05. The smallest absolute Gasteiger partial charge is 0.0641 e. The molecule has 0 spiro atoms. The molecule has 1 aromatic heterocycles. The van der Waals surface area contributed by atoms with Crippen LogP contribution in [-0.2, 0) is 13.5 Å². The summed E-state index contributed by atoms with van der Waals surface area (Å²) in [6.45, 7) is 3.31. The Labute approximate surface area is 115 Å². The molecule has 6 heteroatoms. The predicted molar refractivity (Wildman–Crippen MR) is 76.6 cm³/mol. The van der Waals surface area contributed by atoms with Crippen molar-refractivity contribution in [1.29, 1.82) is 0 Å². The summed E-state index contributed by atoms with van der Waals surface area (Å²) in [4.78, 5) is 4.80. The Morgan fingerprint density at radius 2 is 2.21 bits per heavy atom.